The van der Waals surface area contributed by atoms with Crippen LogP contribution in [0.4, 0.5) is 4.39 Å². The second-order valence-corrected chi connectivity index (χ2v) is 3.98. The van der Waals surface area contributed by atoms with Gasteiger partial charge in [-0.15, -0.1) is 0 Å². The van der Waals surface area contributed by atoms with Crippen LogP contribution in [-0.2, 0) is 11.8 Å². The third-order valence-electron chi connectivity index (χ3n) is 2.79. The molecule has 18 heavy (non-hydrogen) atoms. The molecule has 0 saturated carbocycles. The molecule has 1 aromatic heterocycles. The van der Waals surface area contributed by atoms with Gasteiger partial charge in [-0.1, -0.05) is 0 Å². The van der Waals surface area contributed by atoms with Gasteiger partial charge in [0, 0.05) is 18.8 Å². The van der Waals surface area contributed by atoms with E-state index in [9.17, 15) is 9.18 Å². The Balaban J connectivity index is 2.56. The Morgan fingerprint density at radius 1 is 1.44 bits per heavy atom. The number of halogens is 1. The van der Waals surface area contributed by atoms with Gasteiger partial charge >= 0.3 is 5.97 Å². The van der Waals surface area contributed by atoms with Gasteiger partial charge in [0.1, 0.15) is 5.82 Å². The van der Waals surface area contributed by atoms with Crippen LogP contribution < -0.4 is 0 Å². The van der Waals surface area contributed by atoms with Crippen molar-refractivity contribution in [1.82, 2.24) is 9.78 Å². The largest absolute Gasteiger partial charge is 0.465 e. The molecule has 0 fully saturated rings. The number of ether oxygens (including phenoxy) is 1. The molecule has 2 rings (SSSR count). The van der Waals surface area contributed by atoms with Gasteiger partial charge in [0.05, 0.1) is 18.4 Å². The van der Waals surface area contributed by atoms with Gasteiger partial charge in [0.25, 0.3) is 0 Å². The van der Waals surface area contributed by atoms with Crippen molar-refractivity contribution in [3.8, 4) is 11.3 Å². The number of aryl methyl sites for hydroxylation is 2. The maximum absolute atomic E-state index is 13.9. The molecule has 0 unspecified atom stereocenters. The smallest absolute Gasteiger partial charge is 0.341 e. The second-order valence-electron chi connectivity index (χ2n) is 3.98. The van der Waals surface area contributed by atoms with E-state index < -0.39 is 11.8 Å². The molecule has 0 aliphatic carbocycles. The number of hydrogen-bond acceptors (Lipinski definition) is 3. The van der Waals surface area contributed by atoms with Crippen LogP contribution in [-0.4, -0.2) is 22.9 Å². The molecule has 0 amide bonds. The molecule has 1 aromatic carbocycles. The van der Waals surface area contributed by atoms with E-state index in [0.29, 0.717) is 11.1 Å². The topological polar surface area (TPSA) is 44.1 Å². The minimum Gasteiger partial charge on any atom is -0.465 e. The molecule has 0 radical (unpaired) electrons. The van der Waals surface area contributed by atoms with Gasteiger partial charge in [-0.3, -0.25) is 4.68 Å². The quantitative estimate of drug-likeness (QED) is 0.766. The van der Waals surface area contributed by atoms with Gasteiger partial charge in [-0.2, -0.15) is 5.10 Å². The van der Waals surface area contributed by atoms with E-state index in [4.69, 9.17) is 0 Å². The first kappa shape index (κ1) is 12.3. The van der Waals surface area contributed by atoms with Crippen LogP contribution in [0.25, 0.3) is 11.3 Å². The predicted molar refractivity (Wildman–Crippen MR) is 64.7 cm³/mol. The number of nitrogens with zero attached hydrogens (tertiary/aromatic N) is 2. The van der Waals surface area contributed by atoms with E-state index >= 15 is 0 Å². The summed E-state index contributed by atoms with van der Waals surface area (Å²) in [5, 5.41) is 4.03. The molecule has 0 atom stereocenters. The minimum atomic E-state index is -0.665. The number of benzene rings is 1. The summed E-state index contributed by atoms with van der Waals surface area (Å²) in [6.07, 6.45) is 1.64. The van der Waals surface area contributed by atoms with E-state index in [1.807, 2.05) is 0 Å². The fourth-order valence-corrected chi connectivity index (χ4v) is 1.91. The summed E-state index contributed by atoms with van der Waals surface area (Å²) >= 11 is 0. The number of esters is 1. The van der Waals surface area contributed by atoms with Crippen LogP contribution in [0.2, 0.25) is 0 Å². The highest BCUT2D eigenvalue weighted by molar-refractivity contribution is 5.92. The number of rotatable bonds is 2. The van der Waals surface area contributed by atoms with Gasteiger partial charge in [0.2, 0.25) is 0 Å². The van der Waals surface area contributed by atoms with E-state index in [2.05, 4.69) is 9.84 Å². The number of aromatic nitrogens is 2. The zero-order valence-electron chi connectivity index (χ0n) is 10.4. The third kappa shape index (κ3) is 1.99. The summed E-state index contributed by atoms with van der Waals surface area (Å²) < 4.78 is 20.1. The van der Waals surface area contributed by atoms with Crippen LogP contribution in [0.1, 0.15) is 15.9 Å². The molecule has 5 heteroatoms. The molecule has 0 bridgehead atoms. The standard InChI is InChI=1S/C13H13FN2O2/c1-8-6-9(11-4-5-15-16(11)2)7-10(14)12(8)13(17)18-3/h4-7H,1-3H3. The Bertz CT molecular complexity index is 582. The Hall–Kier alpha value is -2.17. The second kappa shape index (κ2) is 4.60. The lowest BCUT2D eigenvalue weighted by Crippen LogP contribution is -2.07. The molecular weight excluding hydrogens is 235 g/mol. The van der Waals surface area contributed by atoms with Crippen LogP contribution in [0.3, 0.4) is 0 Å². The molecule has 0 spiro atoms. The lowest BCUT2D eigenvalue weighted by Gasteiger charge is -2.09. The first-order valence-corrected chi connectivity index (χ1v) is 5.41. The molecule has 4 nitrogen and oxygen atoms in total. The summed E-state index contributed by atoms with van der Waals surface area (Å²) in [5.41, 5.74) is 1.98. The van der Waals surface area contributed by atoms with Gasteiger partial charge in [-0.25, -0.2) is 9.18 Å². The van der Waals surface area contributed by atoms with Crippen molar-refractivity contribution in [2.24, 2.45) is 7.05 Å². The van der Waals surface area contributed by atoms with Gasteiger partial charge < -0.3 is 4.74 Å². The summed E-state index contributed by atoms with van der Waals surface area (Å²) in [5.74, 6) is -1.25. The normalized spacial score (nSPS) is 10.4. The van der Waals surface area contributed by atoms with E-state index in [1.54, 1.807) is 37.0 Å². The average Bonchev–Trinajstić information content (AvgIpc) is 2.74. The minimum absolute atomic E-state index is 0.0246. The molecule has 0 aliphatic rings. The van der Waals surface area contributed by atoms with Crippen molar-refractivity contribution in [2.45, 2.75) is 6.92 Å². The highest BCUT2D eigenvalue weighted by atomic mass is 19.1. The lowest BCUT2D eigenvalue weighted by molar-refractivity contribution is 0.0594. The monoisotopic (exact) mass is 248 g/mol. The summed E-state index contributed by atoms with van der Waals surface area (Å²) in [7, 11) is 3.01. The fourth-order valence-electron chi connectivity index (χ4n) is 1.91. The van der Waals surface area contributed by atoms with Crippen LogP contribution in [0.5, 0.6) is 0 Å². The Labute approximate surface area is 104 Å². The van der Waals surface area contributed by atoms with Crippen molar-refractivity contribution in [3.63, 3.8) is 0 Å². The number of carbonyl (C=O) groups is 1. The SMILES string of the molecule is COC(=O)c1c(C)cc(-c2ccnn2C)cc1F. The Morgan fingerprint density at radius 2 is 2.17 bits per heavy atom. The van der Waals surface area contributed by atoms with E-state index in [0.717, 1.165) is 5.69 Å². The number of hydrogen-bond donors (Lipinski definition) is 0. The van der Waals surface area contributed by atoms with Crippen molar-refractivity contribution >= 4 is 5.97 Å². The molecule has 94 valence electrons. The molecule has 0 N–H and O–H groups in total. The predicted octanol–water partition coefficient (Wildman–Crippen LogP) is 2.32. The first-order valence-electron chi connectivity index (χ1n) is 5.41. The average molecular weight is 248 g/mol. The highest BCUT2D eigenvalue weighted by Gasteiger charge is 2.17. The zero-order valence-corrected chi connectivity index (χ0v) is 10.4. The molecule has 0 aliphatic heterocycles. The van der Waals surface area contributed by atoms with E-state index in [-0.39, 0.29) is 5.56 Å². The van der Waals surface area contributed by atoms with Crippen molar-refractivity contribution in [1.29, 1.82) is 0 Å². The third-order valence-corrected chi connectivity index (χ3v) is 2.79. The van der Waals surface area contributed by atoms with E-state index in [1.165, 1.54) is 13.2 Å². The molecular formula is C13H13FN2O2. The molecule has 1 heterocycles. The highest BCUT2D eigenvalue weighted by Crippen LogP contribution is 2.24. The summed E-state index contributed by atoms with van der Waals surface area (Å²) in [4.78, 5) is 11.4. The maximum Gasteiger partial charge on any atom is 0.341 e. The Kier molecular flexibility index (Phi) is 3.14. The summed E-state index contributed by atoms with van der Waals surface area (Å²) in [6, 6.07) is 4.84. The number of methoxy groups -OCH3 is 1. The van der Waals surface area contributed by atoms with Crippen LogP contribution in [0.15, 0.2) is 24.4 Å². The maximum atomic E-state index is 13.9. The van der Waals surface area contributed by atoms with Crippen LogP contribution >= 0.6 is 0 Å². The number of carbonyl (C=O) groups excluding carboxylic acids is 1. The van der Waals surface area contributed by atoms with Crippen molar-refractivity contribution in [3.05, 3.63) is 41.3 Å². The van der Waals surface area contributed by atoms with Crippen molar-refractivity contribution in [2.75, 3.05) is 7.11 Å². The first-order chi connectivity index (χ1) is 8.54. The summed E-state index contributed by atoms with van der Waals surface area (Å²) in [6.45, 7) is 1.68. The lowest BCUT2D eigenvalue weighted by atomic mass is 10.0. The van der Waals surface area contributed by atoms with Gasteiger partial charge in [0.15, 0.2) is 0 Å². The fraction of sp³-hybridized carbons (Fsp3) is 0.231. The van der Waals surface area contributed by atoms with Crippen LogP contribution in [0, 0.1) is 12.7 Å². The zero-order chi connectivity index (χ0) is 13.3. The van der Waals surface area contributed by atoms with Gasteiger partial charge in [-0.05, 0) is 30.7 Å². The molecule has 2 aromatic rings. The molecule has 0 saturated heterocycles. The Morgan fingerprint density at radius 3 is 2.67 bits per heavy atom. The van der Waals surface area contributed by atoms with Crippen molar-refractivity contribution < 1.29 is 13.9 Å².